The first-order valence-corrected chi connectivity index (χ1v) is 9.08. The number of hydrogen-bond acceptors (Lipinski definition) is 6. The minimum Gasteiger partial charge on any atom is -0.395 e. The molecule has 21 heavy (non-hydrogen) atoms. The van der Waals surface area contributed by atoms with Crippen LogP contribution in [0.5, 0.6) is 0 Å². The van der Waals surface area contributed by atoms with Crippen molar-refractivity contribution in [3.8, 4) is 0 Å². The third-order valence-electron chi connectivity index (χ3n) is 4.03. The van der Waals surface area contributed by atoms with Crippen LogP contribution in [0.1, 0.15) is 13.3 Å². The SMILES string of the molecule is CNc1nc2sccn2c1S(=O)(=O)N1CCC(C)C1CO. The van der Waals surface area contributed by atoms with Gasteiger partial charge in [-0.15, -0.1) is 11.3 Å². The quantitative estimate of drug-likeness (QED) is 0.867. The Labute approximate surface area is 127 Å². The predicted molar refractivity (Wildman–Crippen MR) is 81.2 cm³/mol. The Balaban J connectivity index is 2.14. The van der Waals surface area contributed by atoms with Gasteiger partial charge in [-0.05, 0) is 12.3 Å². The Hall–Kier alpha value is -1.16. The van der Waals surface area contributed by atoms with Gasteiger partial charge in [-0.3, -0.25) is 4.40 Å². The maximum Gasteiger partial charge on any atom is 0.263 e. The molecule has 1 fully saturated rings. The van der Waals surface area contributed by atoms with E-state index in [1.807, 2.05) is 6.92 Å². The third kappa shape index (κ3) is 2.15. The summed E-state index contributed by atoms with van der Waals surface area (Å²) in [5.41, 5.74) is 0. The molecular formula is C12H18N4O3S2. The molecule has 3 heterocycles. The lowest BCUT2D eigenvalue weighted by atomic mass is 10.0. The molecule has 7 nitrogen and oxygen atoms in total. The van der Waals surface area contributed by atoms with E-state index in [-0.39, 0.29) is 23.6 Å². The molecule has 0 amide bonds. The molecule has 3 rings (SSSR count). The van der Waals surface area contributed by atoms with Gasteiger partial charge in [-0.2, -0.15) is 4.31 Å². The van der Waals surface area contributed by atoms with Crippen LogP contribution in [-0.4, -0.2) is 53.5 Å². The van der Waals surface area contributed by atoms with Gasteiger partial charge in [0.1, 0.15) is 0 Å². The molecule has 116 valence electrons. The smallest absolute Gasteiger partial charge is 0.263 e. The highest BCUT2D eigenvalue weighted by Crippen LogP contribution is 2.33. The highest BCUT2D eigenvalue weighted by Gasteiger charge is 2.41. The first-order chi connectivity index (χ1) is 10.0. The van der Waals surface area contributed by atoms with E-state index in [1.165, 1.54) is 15.6 Å². The van der Waals surface area contributed by atoms with E-state index in [4.69, 9.17) is 0 Å². The van der Waals surface area contributed by atoms with Crippen LogP contribution < -0.4 is 5.32 Å². The fourth-order valence-corrected chi connectivity index (χ4v) is 5.59. The van der Waals surface area contributed by atoms with E-state index < -0.39 is 10.0 Å². The van der Waals surface area contributed by atoms with Gasteiger partial charge in [0.05, 0.1) is 12.6 Å². The Morgan fingerprint density at radius 3 is 3.00 bits per heavy atom. The summed E-state index contributed by atoms with van der Waals surface area (Å²) in [5, 5.41) is 14.3. The fourth-order valence-electron chi connectivity index (χ4n) is 2.83. The summed E-state index contributed by atoms with van der Waals surface area (Å²) in [6.07, 6.45) is 2.46. The van der Waals surface area contributed by atoms with Crippen LogP contribution in [0, 0.1) is 5.92 Å². The zero-order valence-corrected chi connectivity index (χ0v) is 13.5. The molecule has 2 aromatic heterocycles. The van der Waals surface area contributed by atoms with Gasteiger partial charge in [0.2, 0.25) is 0 Å². The molecule has 2 atom stereocenters. The van der Waals surface area contributed by atoms with Crippen LogP contribution in [0.3, 0.4) is 0 Å². The molecule has 2 unspecified atom stereocenters. The lowest BCUT2D eigenvalue weighted by Crippen LogP contribution is -2.40. The molecule has 0 bridgehead atoms. The second-order valence-electron chi connectivity index (χ2n) is 5.20. The van der Waals surface area contributed by atoms with Gasteiger partial charge in [0.25, 0.3) is 10.0 Å². The zero-order chi connectivity index (χ0) is 15.2. The van der Waals surface area contributed by atoms with Crippen molar-refractivity contribution in [3.63, 3.8) is 0 Å². The number of aliphatic hydroxyl groups excluding tert-OH is 1. The lowest BCUT2D eigenvalue weighted by molar-refractivity contribution is 0.191. The average Bonchev–Trinajstić information content (AvgIpc) is 3.10. The number of fused-ring (bicyclic) bond motifs is 1. The molecule has 2 aromatic rings. The van der Waals surface area contributed by atoms with E-state index in [9.17, 15) is 13.5 Å². The van der Waals surface area contributed by atoms with Crippen LogP contribution in [-0.2, 0) is 10.0 Å². The number of imidazole rings is 1. The first kappa shape index (κ1) is 14.8. The monoisotopic (exact) mass is 330 g/mol. The van der Waals surface area contributed by atoms with Crippen molar-refractivity contribution in [2.45, 2.75) is 24.4 Å². The van der Waals surface area contributed by atoms with Gasteiger partial charge in [0, 0.05) is 25.2 Å². The van der Waals surface area contributed by atoms with Crippen LogP contribution in [0.25, 0.3) is 4.96 Å². The highest BCUT2D eigenvalue weighted by molar-refractivity contribution is 7.89. The summed E-state index contributed by atoms with van der Waals surface area (Å²) >= 11 is 1.38. The zero-order valence-electron chi connectivity index (χ0n) is 11.9. The van der Waals surface area contributed by atoms with Gasteiger partial charge in [-0.1, -0.05) is 6.92 Å². The summed E-state index contributed by atoms with van der Waals surface area (Å²) in [4.78, 5) is 4.93. The van der Waals surface area contributed by atoms with Crippen molar-refractivity contribution in [2.75, 3.05) is 25.5 Å². The van der Waals surface area contributed by atoms with Crippen LogP contribution in [0.2, 0.25) is 0 Å². The predicted octanol–water partition coefficient (Wildman–Crippen LogP) is 0.829. The minimum atomic E-state index is -3.71. The van der Waals surface area contributed by atoms with Crippen molar-refractivity contribution in [1.82, 2.24) is 13.7 Å². The van der Waals surface area contributed by atoms with Gasteiger partial charge < -0.3 is 10.4 Å². The second kappa shape index (κ2) is 5.24. The number of nitrogens with zero attached hydrogens (tertiary/aromatic N) is 3. The summed E-state index contributed by atoms with van der Waals surface area (Å²) in [6, 6.07) is -0.371. The van der Waals surface area contributed by atoms with Gasteiger partial charge in [0.15, 0.2) is 15.8 Å². The number of anilines is 1. The number of thiazole rings is 1. The molecule has 9 heteroatoms. The van der Waals surface area contributed by atoms with Gasteiger partial charge >= 0.3 is 0 Å². The van der Waals surface area contributed by atoms with Crippen LogP contribution >= 0.6 is 11.3 Å². The number of nitrogens with one attached hydrogen (secondary N) is 1. The van der Waals surface area contributed by atoms with E-state index in [1.54, 1.807) is 23.0 Å². The van der Waals surface area contributed by atoms with Crippen LogP contribution in [0.4, 0.5) is 5.82 Å². The second-order valence-corrected chi connectivity index (χ2v) is 7.88. The molecule has 1 saturated heterocycles. The maximum absolute atomic E-state index is 13.0. The van der Waals surface area contributed by atoms with Crippen molar-refractivity contribution >= 4 is 32.1 Å². The topological polar surface area (TPSA) is 86.9 Å². The number of sulfonamides is 1. The minimum absolute atomic E-state index is 0.147. The Bertz CT molecular complexity index is 752. The number of aromatic nitrogens is 2. The number of hydrogen-bond donors (Lipinski definition) is 2. The molecule has 1 aliphatic heterocycles. The molecule has 0 spiro atoms. The van der Waals surface area contributed by atoms with Crippen LogP contribution in [0.15, 0.2) is 16.6 Å². The largest absolute Gasteiger partial charge is 0.395 e. The average molecular weight is 330 g/mol. The normalized spacial score (nSPS) is 24.0. The van der Waals surface area contributed by atoms with E-state index in [0.717, 1.165) is 6.42 Å². The standard InChI is InChI=1S/C12H18N4O3S2/c1-8-3-4-16(9(8)7-17)21(18,19)11-10(13-2)14-12-15(11)5-6-20-12/h5-6,8-9,13,17H,3-4,7H2,1-2H3. The number of aliphatic hydroxyl groups is 1. The maximum atomic E-state index is 13.0. The molecule has 2 N–H and O–H groups in total. The van der Waals surface area contributed by atoms with Gasteiger partial charge in [-0.25, -0.2) is 13.4 Å². The summed E-state index contributed by atoms with van der Waals surface area (Å²) in [6.45, 7) is 2.22. The van der Waals surface area contributed by atoms with E-state index >= 15 is 0 Å². The molecular weight excluding hydrogens is 312 g/mol. The Morgan fingerprint density at radius 1 is 1.57 bits per heavy atom. The highest BCUT2D eigenvalue weighted by atomic mass is 32.2. The molecule has 0 aliphatic carbocycles. The molecule has 0 aromatic carbocycles. The van der Waals surface area contributed by atoms with E-state index in [2.05, 4.69) is 10.3 Å². The van der Waals surface area contributed by atoms with Crippen molar-refractivity contribution in [2.24, 2.45) is 5.92 Å². The van der Waals surface area contributed by atoms with Crippen molar-refractivity contribution < 1.29 is 13.5 Å². The Morgan fingerprint density at radius 2 is 2.33 bits per heavy atom. The molecule has 1 aliphatic rings. The molecule has 0 saturated carbocycles. The van der Waals surface area contributed by atoms with E-state index in [0.29, 0.717) is 17.3 Å². The summed E-state index contributed by atoms with van der Waals surface area (Å²) in [7, 11) is -2.06. The van der Waals surface area contributed by atoms with Crippen molar-refractivity contribution in [3.05, 3.63) is 11.6 Å². The summed E-state index contributed by atoms with van der Waals surface area (Å²) < 4.78 is 29.0. The summed E-state index contributed by atoms with van der Waals surface area (Å²) in [5.74, 6) is 0.492. The third-order valence-corrected chi connectivity index (χ3v) is 6.73. The van der Waals surface area contributed by atoms with Crippen molar-refractivity contribution in [1.29, 1.82) is 0 Å². The first-order valence-electron chi connectivity index (χ1n) is 6.76. The lowest BCUT2D eigenvalue weighted by Gasteiger charge is -2.24. The molecule has 0 radical (unpaired) electrons. The number of rotatable bonds is 4. The fraction of sp³-hybridized carbons (Fsp3) is 0.583. The Kier molecular flexibility index (Phi) is 3.68.